The second-order valence-corrected chi connectivity index (χ2v) is 5.74. The summed E-state index contributed by atoms with van der Waals surface area (Å²) in [5, 5.41) is 3.96. The molecule has 0 aliphatic carbocycles. The van der Waals surface area contributed by atoms with E-state index in [0.717, 1.165) is 16.5 Å². The van der Waals surface area contributed by atoms with Gasteiger partial charge in [-0.1, -0.05) is 35.9 Å². The number of hydrogen-bond donors (Lipinski definition) is 2. The minimum absolute atomic E-state index is 0.371. The third kappa shape index (κ3) is 3.41. The molecule has 0 unspecified atom stereocenters. The zero-order valence-corrected chi connectivity index (χ0v) is 13.7. The number of nitrogens with one attached hydrogen (secondary N) is 2. The van der Waals surface area contributed by atoms with E-state index in [1.807, 2.05) is 31.2 Å². The number of amides is 1. The first-order chi connectivity index (χ1) is 11.5. The number of carbonyl (C=O) groups excluding carboxylic acids is 2. The molecule has 0 saturated carbocycles. The first-order valence-corrected chi connectivity index (χ1v) is 7.71. The average molecular weight is 343 g/mol. The number of halogens is 1. The summed E-state index contributed by atoms with van der Waals surface area (Å²) >= 11 is 6.01. The molecule has 3 rings (SSSR count). The molecule has 0 saturated heterocycles. The molecule has 1 aromatic heterocycles. The lowest BCUT2D eigenvalue weighted by atomic mass is 10.2. The summed E-state index contributed by atoms with van der Waals surface area (Å²) in [6.07, 6.45) is 1.57. The second-order valence-electron chi connectivity index (χ2n) is 5.34. The Bertz CT molecular complexity index is 918. The Morgan fingerprint density at radius 1 is 1.21 bits per heavy atom. The van der Waals surface area contributed by atoms with E-state index >= 15 is 0 Å². The normalized spacial score (nSPS) is 10.6. The van der Waals surface area contributed by atoms with Gasteiger partial charge < -0.3 is 15.0 Å². The van der Waals surface area contributed by atoms with Crippen molar-refractivity contribution in [2.75, 3.05) is 11.9 Å². The Hall–Kier alpha value is -2.79. The van der Waals surface area contributed by atoms with Gasteiger partial charge in [0.05, 0.1) is 5.56 Å². The lowest BCUT2D eigenvalue weighted by Gasteiger charge is -2.07. The van der Waals surface area contributed by atoms with Gasteiger partial charge in [-0.25, -0.2) is 4.79 Å². The highest BCUT2D eigenvalue weighted by molar-refractivity contribution is 6.31. The van der Waals surface area contributed by atoms with Gasteiger partial charge in [0.2, 0.25) is 0 Å². The van der Waals surface area contributed by atoms with E-state index in [0.29, 0.717) is 16.3 Å². The molecule has 1 heterocycles. The number of H-pyrrole nitrogens is 1. The third-order valence-corrected chi connectivity index (χ3v) is 4.01. The van der Waals surface area contributed by atoms with Crippen LogP contribution in [0.15, 0.2) is 48.7 Å². The minimum Gasteiger partial charge on any atom is -0.452 e. The Kier molecular flexibility index (Phi) is 4.53. The van der Waals surface area contributed by atoms with E-state index in [-0.39, 0.29) is 6.61 Å². The molecule has 6 heteroatoms. The molecule has 0 radical (unpaired) electrons. The fourth-order valence-corrected chi connectivity index (χ4v) is 2.50. The lowest BCUT2D eigenvalue weighted by molar-refractivity contribution is -0.119. The summed E-state index contributed by atoms with van der Waals surface area (Å²) in [7, 11) is 0. The van der Waals surface area contributed by atoms with Crippen LogP contribution in [0.4, 0.5) is 5.69 Å². The van der Waals surface area contributed by atoms with Crippen molar-refractivity contribution >= 4 is 40.1 Å². The van der Waals surface area contributed by atoms with Crippen LogP contribution in [0.5, 0.6) is 0 Å². The summed E-state index contributed by atoms with van der Waals surface area (Å²) < 4.78 is 5.08. The molecule has 2 N–H and O–H groups in total. The average Bonchev–Trinajstić information content (AvgIpc) is 3.00. The Balaban J connectivity index is 1.61. The van der Waals surface area contributed by atoms with Crippen molar-refractivity contribution in [3.63, 3.8) is 0 Å². The number of para-hydroxylation sites is 1. The standard InChI is InChI=1S/C18H15ClN2O3/c1-11-6-7-12(8-15(11)19)21-17(22)10-24-18(23)14-9-20-16-5-3-2-4-13(14)16/h2-9,20H,10H2,1H3,(H,21,22). The van der Waals surface area contributed by atoms with Crippen LogP contribution in [-0.2, 0) is 9.53 Å². The van der Waals surface area contributed by atoms with Crippen molar-refractivity contribution in [1.29, 1.82) is 0 Å². The minimum atomic E-state index is -0.551. The van der Waals surface area contributed by atoms with Gasteiger partial charge in [0.15, 0.2) is 6.61 Å². The first kappa shape index (κ1) is 16.1. The molecule has 0 fully saturated rings. The van der Waals surface area contributed by atoms with E-state index < -0.39 is 11.9 Å². The van der Waals surface area contributed by atoms with Crippen LogP contribution in [0.3, 0.4) is 0 Å². The van der Waals surface area contributed by atoms with Crippen molar-refractivity contribution in [3.05, 3.63) is 64.8 Å². The van der Waals surface area contributed by atoms with E-state index in [1.165, 1.54) is 0 Å². The van der Waals surface area contributed by atoms with Crippen molar-refractivity contribution in [1.82, 2.24) is 4.98 Å². The maximum atomic E-state index is 12.1. The van der Waals surface area contributed by atoms with Gasteiger partial charge in [-0.05, 0) is 30.7 Å². The maximum absolute atomic E-state index is 12.1. The fourth-order valence-electron chi connectivity index (χ4n) is 2.32. The number of aromatic nitrogens is 1. The van der Waals surface area contributed by atoms with Gasteiger partial charge in [-0.15, -0.1) is 0 Å². The van der Waals surface area contributed by atoms with Crippen LogP contribution in [0, 0.1) is 6.92 Å². The summed E-state index contributed by atoms with van der Waals surface area (Å²) in [5.74, 6) is -0.979. The molecule has 0 atom stereocenters. The molecule has 0 bridgehead atoms. The molecule has 0 aliphatic rings. The zero-order valence-electron chi connectivity index (χ0n) is 12.9. The van der Waals surface area contributed by atoms with Crippen LogP contribution in [0.25, 0.3) is 10.9 Å². The summed E-state index contributed by atoms with van der Waals surface area (Å²) in [5.41, 5.74) is 2.71. The van der Waals surface area contributed by atoms with Gasteiger partial charge in [-0.3, -0.25) is 4.79 Å². The fraction of sp³-hybridized carbons (Fsp3) is 0.111. The van der Waals surface area contributed by atoms with Crippen molar-refractivity contribution in [3.8, 4) is 0 Å². The van der Waals surface area contributed by atoms with Crippen LogP contribution < -0.4 is 5.32 Å². The summed E-state index contributed by atoms with van der Waals surface area (Å²) in [6.45, 7) is 1.50. The molecule has 1 amide bonds. The van der Waals surface area contributed by atoms with Gasteiger partial charge in [0, 0.05) is 27.8 Å². The maximum Gasteiger partial charge on any atom is 0.340 e. The number of benzene rings is 2. The van der Waals surface area contributed by atoms with E-state index in [4.69, 9.17) is 16.3 Å². The monoisotopic (exact) mass is 342 g/mol. The number of fused-ring (bicyclic) bond motifs is 1. The largest absolute Gasteiger partial charge is 0.452 e. The highest BCUT2D eigenvalue weighted by atomic mass is 35.5. The second kappa shape index (κ2) is 6.76. The van der Waals surface area contributed by atoms with Gasteiger partial charge in [0.25, 0.3) is 5.91 Å². The lowest BCUT2D eigenvalue weighted by Crippen LogP contribution is -2.20. The highest BCUT2D eigenvalue weighted by Crippen LogP contribution is 2.20. The Labute approximate surface area is 143 Å². The van der Waals surface area contributed by atoms with Crippen LogP contribution in [-0.4, -0.2) is 23.5 Å². The van der Waals surface area contributed by atoms with Gasteiger partial charge in [0.1, 0.15) is 0 Å². The van der Waals surface area contributed by atoms with E-state index in [9.17, 15) is 9.59 Å². The molecule has 5 nitrogen and oxygen atoms in total. The van der Waals surface area contributed by atoms with E-state index in [2.05, 4.69) is 10.3 Å². The summed E-state index contributed by atoms with van der Waals surface area (Å²) in [6, 6.07) is 12.6. The third-order valence-electron chi connectivity index (χ3n) is 3.60. The topological polar surface area (TPSA) is 71.2 Å². The molecule has 24 heavy (non-hydrogen) atoms. The molecular weight excluding hydrogens is 328 g/mol. The predicted octanol–water partition coefficient (Wildman–Crippen LogP) is 3.93. The zero-order chi connectivity index (χ0) is 17.1. The van der Waals surface area contributed by atoms with E-state index in [1.54, 1.807) is 24.4 Å². The molecule has 122 valence electrons. The van der Waals surface area contributed by atoms with Gasteiger partial charge in [-0.2, -0.15) is 0 Å². The number of anilines is 1. The SMILES string of the molecule is Cc1ccc(NC(=O)COC(=O)c2c[nH]c3ccccc23)cc1Cl. The van der Waals surface area contributed by atoms with Crippen molar-refractivity contribution in [2.45, 2.75) is 6.92 Å². The number of hydrogen-bond acceptors (Lipinski definition) is 3. The predicted molar refractivity (Wildman–Crippen MR) is 93.4 cm³/mol. The molecule has 0 spiro atoms. The number of esters is 1. The first-order valence-electron chi connectivity index (χ1n) is 7.34. The molecule has 2 aromatic carbocycles. The number of carbonyl (C=O) groups is 2. The van der Waals surface area contributed by atoms with Crippen molar-refractivity contribution < 1.29 is 14.3 Å². The van der Waals surface area contributed by atoms with Crippen LogP contribution in [0.1, 0.15) is 15.9 Å². The Morgan fingerprint density at radius 2 is 2.00 bits per heavy atom. The number of rotatable bonds is 4. The number of aryl methyl sites for hydroxylation is 1. The summed E-state index contributed by atoms with van der Waals surface area (Å²) in [4.78, 5) is 27.0. The van der Waals surface area contributed by atoms with Gasteiger partial charge >= 0.3 is 5.97 Å². The van der Waals surface area contributed by atoms with Crippen molar-refractivity contribution in [2.24, 2.45) is 0 Å². The Morgan fingerprint density at radius 3 is 2.79 bits per heavy atom. The molecule has 3 aromatic rings. The number of ether oxygens (including phenoxy) is 1. The highest BCUT2D eigenvalue weighted by Gasteiger charge is 2.14. The number of aromatic amines is 1. The van der Waals surface area contributed by atoms with Crippen LogP contribution in [0.2, 0.25) is 5.02 Å². The quantitative estimate of drug-likeness (QED) is 0.706. The smallest absolute Gasteiger partial charge is 0.340 e. The molecular formula is C18H15ClN2O3. The van der Waals surface area contributed by atoms with Crippen LogP contribution >= 0.6 is 11.6 Å². The molecule has 0 aliphatic heterocycles.